The van der Waals surface area contributed by atoms with Crippen molar-refractivity contribution in [3.8, 4) is 0 Å². The van der Waals surface area contributed by atoms with Crippen molar-refractivity contribution in [2.45, 2.75) is 78.2 Å². The van der Waals surface area contributed by atoms with Crippen molar-refractivity contribution in [2.24, 2.45) is 10.8 Å². The Kier molecular flexibility index (Phi) is 12.1. The van der Waals surface area contributed by atoms with Gasteiger partial charge in [0.05, 0.1) is 0 Å². The minimum absolute atomic E-state index is 0.360. The average molecular weight is 256 g/mol. The average Bonchev–Trinajstić information content (AvgIpc) is 2.35. The highest BCUT2D eigenvalue weighted by molar-refractivity contribution is 5.79. The number of aliphatic imine (C=N–C) groups is 1. The molecule has 0 spiro atoms. The van der Waals surface area contributed by atoms with Crippen LogP contribution in [0.1, 0.15) is 72.1 Å². The normalized spacial score (nSPS) is 11.9. The van der Waals surface area contributed by atoms with Crippen LogP contribution in [-0.2, 0) is 0 Å². The summed E-state index contributed by atoms with van der Waals surface area (Å²) >= 11 is 0. The topological polar surface area (TPSA) is 62.4 Å². The van der Waals surface area contributed by atoms with Crippen LogP contribution >= 0.6 is 0 Å². The summed E-state index contributed by atoms with van der Waals surface area (Å²) in [4.78, 5) is 4.40. The number of hydrogen-bond donors (Lipinski definition) is 3. The second kappa shape index (κ2) is 12.7. The van der Waals surface area contributed by atoms with Gasteiger partial charge < -0.3 is 5.32 Å². The molecule has 0 aromatic carbocycles. The van der Waals surface area contributed by atoms with E-state index in [-0.39, 0.29) is 0 Å². The lowest BCUT2D eigenvalue weighted by Gasteiger charge is -2.11. The lowest BCUT2D eigenvalue weighted by molar-refractivity contribution is 0.577. The van der Waals surface area contributed by atoms with Gasteiger partial charge in [-0.15, -0.1) is 0 Å². The maximum atomic E-state index is 5.39. The van der Waals surface area contributed by atoms with Gasteiger partial charge in [0.1, 0.15) is 0 Å². The van der Waals surface area contributed by atoms with Crippen LogP contribution in [0.5, 0.6) is 0 Å². The zero-order chi connectivity index (χ0) is 13.6. The first-order valence-corrected chi connectivity index (χ1v) is 7.48. The molecule has 0 saturated heterocycles. The van der Waals surface area contributed by atoms with Crippen LogP contribution in [-0.4, -0.2) is 18.5 Å². The molecule has 0 fully saturated rings. The molecule has 0 aliphatic rings. The van der Waals surface area contributed by atoms with Gasteiger partial charge >= 0.3 is 0 Å². The third-order valence-corrected chi connectivity index (χ3v) is 2.84. The molecule has 4 N–H and O–H groups in total. The third kappa shape index (κ3) is 11.7. The van der Waals surface area contributed by atoms with E-state index in [9.17, 15) is 0 Å². The first kappa shape index (κ1) is 17.2. The van der Waals surface area contributed by atoms with Crippen molar-refractivity contribution in [2.75, 3.05) is 6.54 Å². The van der Waals surface area contributed by atoms with Crippen molar-refractivity contribution < 1.29 is 0 Å². The highest BCUT2D eigenvalue weighted by atomic mass is 15.3. The monoisotopic (exact) mass is 256 g/mol. The van der Waals surface area contributed by atoms with E-state index in [0.29, 0.717) is 12.0 Å². The zero-order valence-corrected chi connectivity index (χ0v) is 12.5. The Morgan fingerprint density at radius 2 is 1.56 bits per heavy atom. The van der Waals surface area contributed by atoms with E-state index in [1.165, 1.54) is 44.9 Å². The number of rotatable bonds is 10. The second-order valence-corrected chi connectivity index (χ2v) is 5.15. The molecule has 0 aromatic heterocycles. The van der Waals surface area contributed by atoms with Crippen molar-refractivity contribution >= 4 is 5.96 Å². The number of nitrogens with two attached hydrogens (primary N) is 1. The number of unbranched alkanes of at least 4 members (excludes halogenated alkanes) is 7. The minimum Gasteiger partial charge on any atom is -0.353 e. The molecule has 0 aromatic rings. The Hall–Kier alpha value is -0.770. The predicted octanol–water partition coefficient (Wildman–Crippen LogP) is 2.94. The maximum Gasteiger partial charge on any atom is 0.205 e. The quantitative estimate of drug-likeness (QED) is 0.185. The van der Waals surface area contributed by atoms with E-state index in [1.54, 1.807) is 0 Å². The van der Waals surface area contributed by atoms with Gasteiger partial charge in [-0.05, 0) is 20.3 Å². The number of nitrogens with zero attached hydrogens (tertiary/aromatic N) is 1. The fraction of sp³-hybridized carbons (Fsp3) is 0.929. The molecule has 0 radical (unpaired) electrons. The molecule has 0 rings (SSSR count). The van der Waals surface area contributed by atoms with Gasteiger partial charge in [0, 0.05) is 12.6 Å². The zero-order valence-electron chi connectivity index (χ0n) is 12.5. The van der Waals surface area contributed by atoms with E-state index < -0.39 is 0 Å². The fourth-order valence-electron chi connectivity index (χ4n) is 1.84. The molecule has 0 atom stereocenters. The Morgan fingerprint density at radius 3 is 2.06 bits per heavy atom. The van der Waals surface area contributed by atoms with Gasteiger partial charge in [-0.2, -0.15) is 0 Å². The van der Waals surface area contributed by atoms with Crippen molar-refractivity contribution in [3.63, 3.8) is 0 Å². The van der Waals surface area contributed by atoms with Crippen molar-refractivity contribution in [3.05, 3.63) is 0 Å². The van der Waals surface area contributed by atoms with Crippen molar-refractivity contribution in [1.82, 2.24) is 10.7 Å². The smallest absolute Gasteiger partial charge is 0.205 e. The number of nitrogens with one attached hydrogen (secondary N) is 2. The van der Waals surface area contributed by atoms with Gasteiger partial charge in [0.2, 0.25) is 5.96 Å². The van der Waals surface area contributed by atoms with Gasteiger partial charge in [-0.3, -0.25) is 10.4 Å². The van der Waals surface area contributed by atoms with Gasteiger partial charge in [-0.1, -0.05) is 51.9 Å². The number of hydrogen-bond acceptors (Lipinski definition) is 2. The first-order chi connectivity index (χ1) is 8.70. The Bertz CT molecular complexity index is 202. The molecule has 4 heteroatoms. The molecule has 0 amide bonds. The summed E-state index contributed by atoms with van der Waals surface area (Å²) in [7, 11) is 0. The molecule has 0 unspecified atom stereocenters. The summed E-state index contributed by atoms with van der Waals surface area (Å²) in [5.74, 6) is 6.09. The largest absolute Gasteiger partial charge is 0.353 e. The fourth-order valence-corrected chi connectivity index (χ4v) is 1.84. The predicted molar refractivity (Wildman–Crippen MR) is 80.5 cm³/mol. The number of hydrazine groups is 1. The summed E-state index contributed by atoms with van der Waals surface area (Å²) in [6, 6.07) is 0.360. The lowest BCUT2D eigenvalue weighted by atomic mass is 10.1. The SMILES string of the molecule is CCCCCCCCCCN=C(NN)NC(C)C. The number of guanidine groups is 1. The molecule has 4 nitrogen and oxygen atoms in total. The molecule has 0 aliphatic heterocycles. The van der Waals surface area contributed by atoms with Crippen LogP contribution in [0.25, 0.3) is 0 Å². The summed E-state index contributed by atoms with van der Waals surface area (Å²) in [5, 5.41) is 3.17. The summed E-state index contributed by atoms with van der Waals surface area (Å²) in [5.41, 5.74) is 2.60. The molecular weight excluding hydrogens is 224 g/mol. The van der Waals surface area contributed by atoms with Gasteiger partial charge in [0.15, 0.2) is 0 Å². The molecule has 0 aliphatic carbocycles. The van der Waals surface area contributed by atoms with Gasteiger partial charge in [0.25, 0.3) is 0 Å². The van der Waals surface area contributed by atoms with Gasteiger partial charge in [-0.25, -0.2) is 5.84 Å². The summed E-state index contributed by atoms with van der Waals surface area (Å²) < 4.78 is 0. The van der Waals surface area contributed by atoms with Crippen LogP contribution in [0, 0.1) is 0 Å². The Morgan fingerprint density at radius 1 is 1.00 bits per heavy atom. The van der Waals surface area contributed by atoms with E-state index >= 15 is 0 Å². The van der Waals surface area contributed by atoms with E-state index in [1.807, 2.05) is 0 Å². The summed E-state index contributed by atoms with van der Waals surface area (Å²) in [6.45, 7) is 7.26. The Labute approximate surface area is 113 Å². The standard InChI is InChI=1S/C14H32N4/c1-4-5-6-7-8-9-10-11-12-16-14(18-15)17-13(2)3/h13H,4-12,15H2,1-3H3,(H2,16,17,18). The minimum atomic E-state index is 0.360. The molecule has 18 heavy (non-hydrogen) atoms. The molecule has 0 saturated carbocycles. The van der Waals surface area contributed by atoms with Crippen LogP contribution in [0.2, 0.25) is 0 Å². The van der Waals surface area contributed by atoms with Crippen LogP contribution < -0.4 is 16.6 Å². The molecule has 0 heterocycles. The summed E-state index contributed by atoms with van der Waals surface area (Å²) in [6.07, 6.45) is 10.6. The van der Waals surface area contributed by atoms with Crippen LogP contribution in [0.3, 0.4) is 0 Å². The van der Waals surface area contributed by atoms with E-state index in [4.69, 9.17) is 5.84 Å². The lowest BCUT2D eigenvalue weighted by Crippen LogP contribution is -2.44. The first-order valence-electron chi connectivity index (χ1n) is 7.48. The van der Waals surface area contributed by atoms with E-state index in [2.05, 4.69) is 36.5 Å². The van der Waals surface area contributed by atoms with E-state index in [0.717, 1.165) is 13.0 Å². The highest BCUT2D eigenvalue weighted by Gasteiger charge is 1.97. The van der Waals surface area contributed by atoms with Crippen LogP contribution in [0.15, 0.2) is 4.99 Å². The molecule has 0 bridgehead atoms. The Balaban J connectivity index is 3.39. The molecule has 108 valence electrons. The molecular formula is C14H32N4. The third-order valence-electron chi connectivity index (χ3n) is 2.84. The van der Waals surface area contributed by atoms with Crippen molar-refractivity contribution in [1.29, 1.82) is 0 Å². The second-order valence-electron chi connectivity index (χ2n) is 5.15. The maximum absolute atomic E-state index is 5.39. The highest BCUT2D eigenvalue weighted by Crippen LogP contribution is 2.08. The van der Waals surface area contributed by atoms with Crippen LogP contribution in [0.4, 0.5) is 0 Å².